The Morgan fingerprint density at radius 2 is 1.39 bits per heavy atom. The van der Waals surface area contributed by atoms with Crippen LogP contribution in [-0.2, 0) is 16.0 Å². The first-order valence-electron chi connectivity index (χ1n) is 11.6. The second kappa shape index (κ2) is 14.5. The number of benzene rings is 2. The molecule has 168 valence electrons. The molecule has 1 unspecified atom stereocenters. The Kier molecular flexibility index (Phi) is 11.5. The van der Waals surface area contributed by atoms with Crippen molar-refractivity contribution >= 4 is 17.3 Å². The molecule has 0 heterocycles. The molecule has 0 spiro atoms. The number of esters is 1. The Morgan fingerprint density at radius 3 is 2.00 bits per heavy atom. The van der Waals surface area contributed by atoms with Crippen LogP contribution in [0.25, 0.3) is 0 Å². The van der Waals surface area contributed by atoms with Crippen LogP contribution in [0.1, 0.15) is 71.3 Å². The van der Waals surface area contributed by atoms with Gasteiger partial charge in [0.2, 0.25) is 0 Å². The van der Waals surface area contributed by atoms with Gasteiger partial charge in [-0.05, 0) is 68.1 Å². The zero-order valence-corrected chi connectivity index (χ0v) is 19.2. The van der Waals surface area contributed by atoms with Gasteiger partial charge >= 0.3 is 5.97 Å². The first kappa shape index (κ1) is 24.7. The van der Waals surface area contributed by atoms with E-state index in [2.05, 4.69) is 36.2 Å². The molecule has 0 aliphatic heterocycles. The lowest BCUT2D eigenvalue weighted by atomic mass is 10.1. The maximum Gasteiger partial charge on any atom is 0.340 e. The molecule has 0 radical (unpaired) electrons. The Morgan fingerprint density at radius 1 is 0.806 bits per heavy atom. The van der Waals surface area contributed by atoms with Crippen molar-refractivity contribution in [1.82, 2.24) is 0 Å². The third kappa shape index (κ3) is 9.88. The molecule has 31 heavy (non-hydrogen) atoms. The highest BCUT2D eigenvalue weighted by Crippen LogP contribution is 2.22. The summed E-state index contributed by atoms with van der Waals surface area (Å²) < 4.78 is 10.8. The maximum absolute atomic E-state index is 12.1. The Balaban J connectivity index is 1.79. The summed E-state index contributed by atoms with van der Waals surface area (Å²) in [6.07, 6.45) is 8.96. The topological polar surface area (TPSA) is 60.2 Å². The molecule has 0 fully saturated rings. The molecule has 0 bridgehead atoms. The standard InChI is InChI=1S/C26H36N2O3/c1-4-6-8-9-10-11-22-12-14-23(15-13-22)27-28-24-16-18-25(19-17-24)31-26(29)21(3)30-20-7-5-2/h12-19,21H,4-11,20H2,1-3H3. The molecule has 0 aliphatic rings. The lowest BCUT2D eigenvalue weighted by Gasteiger charge is -2.12. The molecule has 0 N–H and O–H groups in total. The number of ether oxygens (including phenoxy) is 2. The number of unbranched alkanes of at least 4 members (excludes halogenated alkanes) is 5. The van der Waals surface area contributed by atoms with E-state index >= 15 is 0 Å². The largest absolute Gasteiger partial charge is 0.425 e. The number of carbonyl (C=O) groups excluding carboxylic acids is 1. The fourth-order valence-corrected chi connectivity index (χ4v) is 3.03. The molecule has 0 aliphatic carbocycles. The number of aryl methyl sites for hydroxylation is 1. The molecule has 2 aromatic rings. The van der Waals surface area contributed by atoms with E-state index in [0.717, 1.165) is 24.9 Å². The molecular weight excluding hydrogens is 388 g/mol. The van der Waals surface area contributed by atoms with E-state index in [4.69, 9.17) is 9.47 Å². The SMILES string of the molecule is CCCCCCCc1ccc(N=Nc2ccc(OC(=O)C(C)OCCCC)cc2)cc1. The van der Waals surface area contributed by atoms with E-state index in [1.54, 1.807) is 31.2 Å². The molecule has 0 saturated heterocycles. The van der Waals surface area contributed by atoms with Crippen LogP contribution < -0.4 is 4.74 Å². The second-order valence-corrected chi connectivity index (χ2v) is 7.81. The molecule has 0 aromatic heterocycles. The number of azo groups is 1. The molecule has 5 nitrogen and oxygen atoms in total. The van der Waals surface area contributed by atoms with Crippen LogP contribution in [0.3, 0.4) is 0 Å². The summed E-state index contributed by atoms with van der Waals surface area (Å²) in [6, 6.07) is 15.2. The number of carbonyl (C=O) groups is 1. The Bertz CT molecular complexity index is 785. The van der Waals surface area contributed by atoms with Crippen LogP contribution >= 0.6 is 0 Å². The lowest BCUT2D eigenvalue weighted by Crippen LogP contribution is -2.26. The van der Waals surface area contributed by atoms with Gasteiger partial charge < -0.3 is 9.47 Å². The van der Waals surface area contributed by atoms with Gasteiger partial charge in [0.25, 0.3) is 0 Å². The van der Waals surface area contributed by atoms with Gasteiger partial charge in [-0.1, -0.05) is 58.1 Å². The maximum atomic E-state index is 12.1. The Hall–Kier alpha value is -2.53. The zero-order valence-electron chi connectivity index (χ0n) is 19.2. The first-order chi connectivity index (χ1) is 15.1. The summed E-state index contributed by atoms with van der Waals surface area (Å²) in [5.74, 6) is 0.0779. The second-order valence-electron chi connectivity index (χ2n) is 7.81. The van der Waals surface area contributed by atoms with Crippen LogP contribution in [0.2, 0.25) is 0 Å². The Labute approximate surface area is 186 Å². The fourth-order valence-electron chi connectivity index (χ4n) is 3.03. The summed E-state index contributed by atoms with van der Waals surface area (Å²) >= 11 is 0. The lowest BCUT2D eigenvalue weighted by molar-refractivity contribution is -0.146. The summed E-state index contributed by atoms with van der Waals surface area (Å²) in [5.41, 5.74) is 2.87. The minimum atomic E-state index is -0.578. The van der Waals surface area contributed by atoms with E-state index in [0.29, 0.717) is 18.0 Å². The van der Waals surface area contributed by atoms with Gasteiger partial charge in [-0.2, -0.15) is 10.2 Å². The number of rotatable bonds is 14. The highest BCUT2D eigenvalue weighted by atomic mass is 16.6. The van der Waals surface area contributed by atoms with Gasteiger partial charge in [-0.25, -0.2) is 4.79 Å². The van der Waals surface area contributed by atoms with Gasteiger partial charge in [0.05, 0.1) is 11.4 Å². The van der Waals surface area contributed by atoms with Crippen molar-refractivity contribution in [3.05, 3.63) is 54.1 Å². The smallest absolute Gasteiger partial charge is 0.340 e. The van der Waals surface area contributed by atoms with Crippen molar-refractivity contribution in [3.8, 4) is 5.75 Å². The summed E-state index contributed by atoms with van der Waals surface area (Å²) in [7, 11) is 0. The van der Waals surface area contributed by atoms with E-state index in [9.17, 15) is 4.79 Å². The van der Waals surface area contributed by atoms with Crippen molar-refractivity contribution in [2.24, 2.45) is 10.2 Å². The van der Waals surface area contributed by atoms with Crippen LogP contribution in [0.15, 0.2) is 58.8 Å². The predicted molar refractivity (Wildman–Crippen MR) is 125 cm³/mol. The minimum absolute atomic E-state index is 0.393. The average Bonchev–Trinajstić information content (AvgIpc) is 2.79. The van der Waals surface area contributed by atoms with Gasteiger partial charge in [0, 0.05) is 6.61 Å². The van der Waals surface area contributed by atoms with Gasteiger partial charge in [-0.15, -0.1) is 0 Å². The highest BCUT2D eigenvalue weighted by molar-refractivity contribution is 5.76. The quantitative estimate of drug-likeness (QED) is 0.135. The first-order valence-corrected chi connectivity index (χ1v) is 11.6. The third-order valence-corrected chi connectivity index (χ3v) is 5.04. The summed E-state index contributed by atoms with van der Waals surface area (Å²) in [6.45, 7) is 6.59. The molecule has 1 atom stereocenters. The number of hydrogen-bond donors (Lipinski definition) is 0. The number of hydrogen-bond acceptors (Lipinski definition) is 5. The van der Waals surface area contributed by atoms with Crippen molar-refractivity contribution < 1.29 is 14.3 Å². The van der Waals surface area contributed by atoms with Crippen LogP contribution in [-0.4, -0.2) is 18.7 Å². The highest BCUT2D eigenvalue weighted by Gasteiger charge is 2.15. The van der Waals surface area contributed by atoms with E-state index in [-0.39, 0.29) is 0 Å². The van der Waals surface area contributed by atoms with Gasteiger partial charge in [0.15, 0.2) is 6.10 Å². The molecule has 2 aromatic carbocycles. The van der Waals surface area contributed by atoms with Crippen LogP contribution in [0, 0.1) is 0 Å². The molecular formula is C26H36N2O3. The predicted octanol–water partition coefficient (Wildman–Crippen LogP) is 7.73. The molecule has 2 rings (SSSR count). The zero-order chi connectivity index (χ0) is 22.3. The average molecular weight is 425 g/mol. The number of nitrogens with zero attached hydrogens (tertiary/aromatic N) is 2. The van der Waals surface area contributed by atoms with E-state index < -0.39 is 12.1 Å². The van der Waals surface area contributed by atoms with Gasteiger partial charge in [-0.3, -0.25) is 0 Å². The van der Waals surface area contributed by atoms with E-state index in [1.165, 1.54) is 37.7 Å². The van der Waals surface area contributed by atoms with Gasteiger partial charge in [0.1, 0.15) is 5.75 Å². The van der Waals surface area contributed by atoms with E-state index in [1.807, 2.05) is 12.1 Å². The van der Waals surface area contributed by atoms with Crippen molar-refractivity contribution in [3.63, 3.8) is 0 Å². The van der Waals surface area contributed by atoms with Crippen molar-refractivity contribution in [1.29, 1.82) is 0 Å². The molecule has 5 heteroatoms. The minimum Gasteiger partial charge on any atom is -0.425 e. The third-order valence-electron chi connectivity index (χ3n) is 5.04. The van der Waals surface area contributed by atoms with Crippen LogP contribution in [0.5, 0.6) is 5.75 Å². The summed E-state index contributed by atoms with van der Waals surface area (Å²) in [5, 5.41) is 8.56. The van der Waals surface area contributed by atoms with Crippen LogP contribution in [0.4, 0.5) is 11.4 Å². The normalized spacial score (nSPS) is 12.2. The van der Waals surface area contributed by atoms with Crippen molar-refractivity contribution in [2.45, 2.75) is 78.2 Å². The molecule has 0 amide bonds. The fraction of sp³-hybridized carbons (Fsp3) is 0.500. The summed E-state index contributed by atoms with van der Waals surface area (Å²) in [4.78, 5) is 12.1. The van der Waals surface area contributed by atoms with Crippen molar-refractivity contribution in [2.75, 3.05) is 6.61 Å². The monoisotopic (exact) mass is 424 g/mol. The molecule has 0 saturated carbocycles.